The van der Waals surface area contributed by atoms with E-state index in [9.17, 15) is 35.9 Å². The van der Waals surface area contributed by atoms with Crippen LogP contribution in [0.4, 0.5) is 31.1 Å². The maximum Gasteiger partial charge on any atom is 0.506 e. The molecule has 238 valence electrons. The molecule has 1 aromatic carbocycles. The highest BCUT2D eigenvalue weighted by molar-refractivity contribution is 6.00. The quantitative estimate of drug-likeness (QED) is 0.121. The minimum Gasteiger partial charge on any atom is -0.475 e. The molecule has 0 atom stereocenters. The van der Waals surface area contributed by atoms with Crippen LogP contribution in [0.15, 0.2) is 48.8 Å². The molecule has 0 aliphatic carbocycles. The van der Waals surface area contributed by atoms with Crippen molar-refractivity contribution in [3.8, 4) is 11.3 Å². The second kappa shape index (κ2) is 14.2. The van der Waals surface area contributed by atoms with Crippen LogP contribution in [0.3, 0.4) is 0 Å². The predicted molar refractivity (Wildman–Crippen MR) is 137 cm³/mol. The van der Waals surface area contributed by atoms with E-state index in [1.54, 1.807) is 23.1 Å². The number of amidine groups is 1. The van der Waals surface area contributed by atoms with Crippen molar-refractivity contribution in [3.05, 3.63) is 59.9 Å². The lowest BCUT2D eigenvalue weighted by atomic mass is 10.0. The zero-order valence-electron chi connectivity index (χ0n) is 22.1. The average molecular weight is 635 g/mol. The molecule has 2 aromatic heterocycles. The number of benzene rings is 1. The van der Waals surface area contributed by atoms with Gasteiger partial charge in [-0.3, -0.25) is 10.2 Å². The summed E-state index contributed by atoms with van der Waals surface area (Å²) >= 11 is 0. The van der Waals surface area contributed by atoms with Gasteiger partial charge in [-0.05, 0) is 24.3 Å². The number of rotatable bonds is 4. The summed E-state index contributed by atoms with van der Waals surface area (Å²) in [4.78, 5) is 47.5. The lowest BCUT2D eigenvalue weighted by Gasteiger charge is -2.31. The van der Waals surface area contributed by atoms with Crippen LogP contribution in [-0.2, 0) is 14.3 Å². The maximum absolute atomic E-state index is 12.7. The monoisotopic (exact) mass is 635 g/mol. The van der Waals surface area contributed by atoms with E-state index < -0.39 is 30.4 Å². The summed E-state index contributed by atoms with van der Waals surface area (Å²) in [6, 6.07) is 10.7. The standard InChI is InChI=1S/C21H21N5O4.2C2HF3O2/c22-18(23)16-2-1-9-26-12-17(24-19(16)26)13-3-5-14(6-4-13)20(27)25-10-7-15(8-11-25)30-21(28)29;2*3-2(4,5)1(6)7/h1-6,9,12,15H,7-8,10-11H2,(H3,22,23)(H,28,29);2*(H,6,7). The number of fused-ring (bicyclic) bond motifs is 1. The summed E-state index contributed by atoms with van der Waals surface area (Å²) < 4.78 is 70.1. The number of hydrogen-bond acceptors (Lipinski definition) is 7. The predicted octanol–water partition coefficient (Wildman–Crippen LogP) is 3.85. The first-order valence-electron chi connectivity index (χ1n) is 12.0. The van der Waals surface area contributed by atoms with Crippen molar-refractivity contribution in [3.63, 3.8) is 0 Å². The number of nitrogens with one attached hydrogen (secondary N) is 1. The van der Waals surface area contributed by atoms with Crippen LogP contribution in [0, 0.1) is 5.41 Å². The molecule has 4 rings (SSSR count). The van der Waals surface area contributed by atoms with Crippen molar-refractivity contribution in [1.82, 2.24) is 14.3 Å². The van der Waals surface area contributed by atoms with E-state index in [4.69, 9.17) is 40.8 Å². The molecule has 1 fully saturated rings. The highest BCUT2D eigenvalue weighted by Gasteiger charge is 2.39. The number of amides is 1. The topological polar surface area (TPSA) is 209 Å². The number of carbonyl (C=O) groups excluding carboxylic acids is 1. The summed E-state index contributed by atoms with van der Waals surface area (Å²) in [5, 5.41) is 30.6. The van der Waals surface area contributed by atoms with Crippen LogP contribution in [-0.4, -0.2) is 91.0 Å². The van der Waals surface area contributed by atoms with Gasteiger partial charge in [0.15, 0.2) is 0 Å². The Labute approximate surface area is 242 Å². The number of halogens is 6. The number of hydrogen-bond donors (Lipinski definition) is 5. The lowest BCUT2D eigenvalue weighted by molar-refractivity contribution is -0.193. The molecule has 6 N–H and O–H groups in total. The molecule has 3 aromatic rings. The van der Waals surface area contributed by atoms with Gasteiger partial charge >= 0.3 is 30.4 Å². The number of likely N-dealkylation sites (tertiary alicyclic amines) is 1. The minimum atomic E-state index is -5.08. The molecule has 0 spiro atoms. The van der Waals surface area contributed by atoms with Gasteiger partial charge in [0.2, 0.25) is 0 Å². The van der Waals surface area contributed by atoms with Crippen LogP contribution in [0.5, 0.6) is 0 Å². The number of carboxylic acids is 2. The van der Waals surface area contributed by atoms with Crippen molar-refractivity contribution in [2.24, 2.45) is 5.73 Å². The van der Waals surface area contributed by atoms with E-state index in [0.717, 1.165) is 5.56 Å². The number of imidazole rings is 1. The van der Waals surface area contributed by atoms with Crippen LogP contribution >= 0.6 is 0 Å². The first-order chi connectivity index (χ1) is 20.3. The number of ether oxygens (including phenoxy) is 1. The van der Waals surface area contributed by atoms with Gasteiger partial charge in [-0.15, -0.1) is 0 Å². The van der Waals surface area contributed by atoms with E-state index in [2.05, 4.69) is 4.98 Å². The first kappa shape index (κ1) is 34.8. The second-order valence-electron chi connectivity index (χ2n) is 8.75. The number of aromatic nitrogens is 2. The molecule has 19 heteroatoms. The van der Waals surface area contributed by atoms with E-state index in [0.29, 0.717) is 48.4 Å². The van der Waals surface area contributed by atoms with Gasteiger partial charge in [0.25, 0.3) is 5.91 Å². The summed E-state index contributed by atoms with van der Waals surface area (Å²) in [6.07, 6.45) is -7.12. The molecular weight excluding hydrogens is 612 g/mol. The number of alkyl halides is 6. The van der Waals surface area contributed by atoms with Gasteiger partial charge in [-0.25, -0.2) is 19.4 Å². The molecule has 0 radical (unpaired) electrons. The van der Waals surface area contributed by atoms with Crippen molar-refractivity contribution in [1.29, 1.82) is 5.41 Å². The van der Waals surface area contributed by atoms with E-state index in [1.807, 2.05) is 35.0 Å². The van der Waals surface area contributed by atoms with Gasteiger partial charge in [-0.2, -0.15) is 26.3 Å². The van der Waals surface area contributed by atoms with Crippen LogP contribution < -0.4 is 5.73 Å². The van der Waals surface area contributed by atoms with Crippen molar-refractivity contribution < 1.29 is 65.6 Å². The van der Waals surface area contributed by atoms with Gasteiger partial charge < -0.3 is 35.1 Å². The van der Waals surface area contributed by atoms with Crippen molar-refractivity contribution >= 4 is 35.5 Å². The third-order valence-electron chi connectivity index (χ3n) is 5.68. The SMILES string of the molecule is N=C(N)c1cccn2cc(-c3ccc(C(=O)N4CCC(OC(=O)O)CC4)cc3)nc12.O=C(O)C(F)(F)F.O=C(O)C(F)(F)F. The fourth-order valence-corrected chi connectivity index (χ4v) is 3.65. The number of nitrogens with zero attached hydrogens (tertiary/aromatic N) is 3. The van der Waals surface area contributed by atoms with Crippen LogP contribution in [0.2, 0.25) is 0 Å². The lowest BCUT2D eigenvalue weighted by Crippen LogP contribution is -2.41. The molecule has 0 bridgehead atoms. The molecule has 44 heavy (non-hydrogen) atoms. The number of aliphatic carboxylic acids is 2. The Morgan fingerprint density at radius 2 is 1.41 bits per heavy atom. The molecule has 0 unspecified atom stereocenters. The highest BCUT2D eigenvalue weighted by Crippen LogP contribution is 2.23. The zero-order chi connectivity index (χ0) is 33.4. The number of pyridine rings is 1. The molecule has 1 saturated heterocycles. The number of piperidine rings is 1. The number of carboxylic acid groups (broad SMARTS) is 3. The molecule has 13 nitrogen and oxygen atoms in total. The van der Waals surface area contributed by atoms with Crippen molar-refractivity contribution in [2.75, 3.05) is 13.1 Å². The summed E-state index contributed by atoms with van der Waals surface area (Å²) in [6.45, 7) is 0.914. The Hall–Kier alpha value is -5.36. The third-order valence-corrected chi connectivity index (χ3v) is 5.68. The zero-order valence-corrected chi connectivity index (χ0v) is 22.1. The van der Waals surface area contributed by atoms with Crippen LogP contribution in [0.25, 0.3) is 16.9 Å². The fourth-order valence-electron chi connectivity index (χ4n) is 3.65. The van der Waals surface area contributed by atoms with Gasteiger partial charge in [0.1, 0.15) is 17.6 Å². The molecule has 1 aliphatic heterocycles. The Balaban J connectivity index is 0.000000402. The summed E-state index contributed by atoms with van der Waals surface area (Å²) in [7, 11) is 0. The fraction of sp³-hybridized carbons (Fsp3) is 0.280. The Kier molecular flexibility index (Phi) is 11.2. The van der Waals surface area contributed by atoms with E-state index in [1.165, 1.54) is 0 Å². The number of carbonyl (C=O) groups is 4. The Morgan fingerprint density at radius 1 is 0.909 bits per heavy atom. The summed E-state index contributed by atoms with van der Waals surface area (Å²) in [5.41, 5.74) is 8.92. The Morgan fingerprint density at radius 3 is 1.84 bits per heavy atom. The van der Waals surface area contributed by atoms with Gasteiger partial charge in [0, 0.05) is 49.5 Å². The number of nitrogen functional groups attached to an aromatic ring is 1. The molecule has 1 amide bonds. The largest absolute Gasteiger partial charge is 0.506 e. The van der Waals surface area contributed by atoms with Gasteiger partial charge in [-0.1, -0.05) is 12.1 Å². The Bertz CT molecular complexity index is 1490. The maximum atomic E-state index is 12.7. The highest BCUT2D eigenvalue weighted by atomic mass is 19.4. The second-order valence-corrected chi connectivity index (χ2v) is 8.75. The van der Waals surface area contributed by atoms with Crippen LogP contribution in [0.1, 0.15) is 28.8 Å². The van der Waals surface area contributed by atoms with Crippen molar-refractivity contribution in [2.45, 2.75) is 31.3 Å². The van der Waals surface area contributed by atoms with Gasteiger partial charge in [0.05, 0.1) is 11.3 Å². The van der Waals surface area contributed by atoms with E-state index in [-0.39, 0.29) is 17.8 Å². The molecule has 1 aliphatic rings. The average Bonchev–Trinajstić information content (AvgIpc) is 3.37. The molecular formula is C25H23F6N5O8. The molecule has 3 heterocycles. The number of nitrogens with two attached hydrogens (primary N) is 1. The summed E-state index contributed by atoms with van der Waals surface area (Å²) in [5.74, 6) is -5.65. The normalized spacial score (nSPS) is 13.5. The smallest absolute Gasteiger partial charge is 0.475 e. The van der Waals surface area contributed by atoms with E-state index >= 15 is 0 Å². The minimum absolute atomic E-state index is 0.0452. The third kappa shape index (κ3) is 9.88. The molecule has 0 saturated carbocycles. The first-order valence-corrected chi connectivity index (χ1v) is 12.0.